The monoisotopic (exact) mass is 261 g/mol. The molecule has 0 fully saturated rings. The van der Waals surface area contributed by atoms with Gasteiger partial charge in [0.2, 0.25) is 0 Å². The van der Waals surface area contributed by atoms with Crippen LogP contribution in [0.15, 0.2) is 30.5 Å². The zero-order chi connectivity index (χ0) is 13.5. The molecule has 1 aromatic heterocycles. The van der Waals surface area contributed by atoms with Crippen LogP contribution in [0.4, 0.5) is 0 Å². The predicted molar refractivity (Wildman–Crippen MR) is 73.9 cm³/mol. The minimum atomic E-state index is 0.0541. The third-order valence-electron chi connectivity index (χ3n) is 2.86. The van der Waals surface area contributed by atoms with Crippen LogP contribution in [-0.2, 0) is 16.0 Å². The molecule has 0 amide bonds. The van der Waals surface area contributed by atoms with Crippen LogP contribution in [0.2, 0.25) is 0 Å². The Morgan fingerprint density at radius 1 is 1.21 bits per heavy atom. The third kappa shape index (κ3) is 3.96. The lowest BCUT2D eigenvalue weighted by Gasteiger charge is -2.14. The van der Waals surface area contributed by atoms with E-state index in [4.69, 9.17) is 9.47 Å². The quantitative estimate of drug-likeness (QED) is 0.816. The van der Waals surface area contributed by atoms with Gasteiger partial charge >= 0.3 is 0 Å². The minimum Gasteiger partial charge on any atom is -0.382 e. The van der Waals surface area contributed by atoms with Gasteiger partial charge in [-0.15, -0.1) is 0 Å². The fourth-order valence-electron chi connectivity index (χ4n) is 1.84. The van der Waals surface area contributed by atoms with Crippen molar-refractivity contribution in [1.82, 2.24) is 15.3 Å². The van der Waals surface area contributed by atoms with Gasteiger partial charge < -0.3 is 14.8 Å². The average molecular weight is 261 g/mol. The Bertz CT molecular complexity index is 519. The molecule has 5 heteroatoms. The number of ether oxygens (including phenoxy) is 2. The number of nitrogens with zero attached hydrogens (tertiary/aromatic N) is 2. The second kappa shape index (κ2) is 7.13. The minimum absolute atomic E-state index is 0.0541. The van der Waals surface area contributed by atoms with Gasteiger partial charge in [0.1, 0.15) is 0 Å². The van der Waals surface area contributed by atoms with Crippen molar-refractivity contribution < 1.29 is 9.47 Å². The molecule has 0 aliphatic heterocycles. The fourth-order valence-corrected chi connectivity index (χ4v) is 1.84. The third-order valence-corrected chi connectivity index (χ3v) is 2.86. The van der Waals surface area contributed by atoms with Gasteiger partial charge in [0, 0.05) is 27.3 Å². The Morgan fingerprint density at radius 2 is 2.00 bits per heavy atom. The molecule has 0 saturated heterocycles. The van der Waals surface area contributed by atoms with E-state index in [9.17, 15) is 0 Å². The Hall–Kier alpha value is -1.56. The molecular formula is C14H19N3O2. The first kappa shape index (κ1) is 13.9. The smallest absolute Gasteiger partial charge is 0.0928 e. The van der Waals surface area contributed by atoms with E-state index >= 15 is 0 Å². The van der Waals surface area contributed by atoms with Crippen LogP contribution < -0.4 is 5.32 Å². The zero-order valence-electron chi connectivity index (χ0n) is 11.3. The molecule has 0 aliphatic rings. The molecule has 0 bridgehead atoms. The Balaban J connectivity index is 1.90. The zero-order valence-corrected chi connectivity index (χ0v) is 11.3. The van der Waals surface area contributed by atoms with Crippen molar-refractivity contribution in [3.8, 4) is 0 Å². The van der Waals surface area contributed by atoms with E-state index in [0.717, 1.165) is 23.3 Å². The second-order valence-electron chi connectivity index (χ2n) is 4.29. The molecule has 5 nitrogen and oxygen atoms in total. The molecule has 1 heterocycles. The van der Waals surface area contributed by atoms with Crippen LogP contribution in [0.5, 0.6) is 0 Å². The van der Waals surface area contributed by atoms with Crippen molar-refractivity contribution in [3.63, 3.8) is 0 Å². The number of aromatic nitrogens is 2. The van der Waals surface area contributed by atoms with Crippen molar-refractivity contribution in [2.45, 2.75) is 12.6 Å². The number of nitrogens with one attached hydrogen (secondary N) is 1. The predicted octanol–water partition coefficient (Wildman–Crippen LogP) is 1.38. The van der Waals surface area contributed by atoms with Crippen LogP contribution in [0.1, 0.15) is 5.69 Å². The summed E-state index contributed by atoms with van der Waals surface area (Å²) < 4.78 is 10.3. The summed E-state index contributed by atoms with van der Waals surface area (Å²) in [6.45, 7) is 1.97. The largest absolute Gasteiger partial charge is 0.382 e. The average Bonchev–Trinajstić information content (AvgIpc) is 2.46. The lowest BCUT2D eigenvalue weighted by atomic mass is 10.3. The number of rotatable bonds is 7. The van der Waals surface area contributed by atoms with Crippen molar-refractivity contribution in [1.29, 1.82) is 0 Å². The summed E-state index contributed by atoms with van der Waals surface area (Å²) in [5.74, 6) is 0. The lowest BCUT2D eigenvalue weighted by molar-refractivity contribution is 0.0287. The van der Waals surface area contributed by atoms with Gasteiger partial charge in [0.05, 0.1) is 35.6 Å². The topological polar surface area (TPSA) is 56.3 Å². The first-order valence-electron chi connectivity index (χ1n) is 6.26. The maximum atomic E-state index is 5.28. The number of benzene rings is 1. The van der Waals surface area contributed by atoms with Crippen molar-refractivity contribution in [2.24, 2.45) is 0 Å². The highest BCUT2D eigenvalue weighted by atomic mass is 16.5. The first-order chi connectivity index (χ1) is 9.33. The van der Waals surface area contributed by atoms with Gasteiger partial charge in [-0.05, 0) is 12.1 Å². The summed E-state index contributed by atoms with van der Waals surface area (Å²) in [5.41, 5.74) is 2.76. The molecule has 0 saturated carbocycles. The van der Waals surface area contributed by atoms with E-state index in [-0.39, 0.29) is 6.10 Å². The molecule has 1 unspecified atom stereocenters. The van der Waals surface area contributed by atoms with Crippen LogP contribution in [0.25, 0.3) is 11.0 Å². The number of fused-ring (bicyclic) bond motifs is 1. The number of para-hydroxylation sites is 2. The summed E-state index contributed by atoms with van der Waals surface area (Å²) in [6.07, 6.45) is 1.85. The summed E-state index contributed by atoms with van der Waals surface area (Å²) in [6, 6.07) is 7.85. The van der Waals surface area contributed by atoms with E-state index < -0.39 is 0 Å². The van der Waals surface area contributed by atoms with Crippen LogP contribution in [0, 0.1) is 0 Å². The lowest BCUT2D eigenvalue weighted by Crippen LogP contribution is -2.31. The van der Waals surface area contributed by atoms with Crippen molar-refractivity contribution in [2.75, 3.05) is 27.4 Å². The van der Waals surface area contributed by atoms with Crippen LogP contribution in [-0.4, -0.2) is 43.4 Å². The van der Waals surface area contributed by atoms with Gasteiger partial charge in [-0.3, -0.25) is 4.98 Å². The highest BCUT2D eigenvalue weighted by Gasteiger charge is 2.06. The van der Waals surface area contributed by atoms with Gasteiger partial charge in [-0.1, -0.05) is 12.1 Å². The highest BCUT2D eigenvalue weighted by Crippen LogP contribution is 2.08. The first-order valence-corrected chi connectivity index (χ1v) is 6.26. The van der Waals surface area contributed by atoms with Crippen LogP contribution >= 0.6 is 0 Å². The molecule has 2 rings (SSSR count). The number of methoxy groups -OCH3 is 2. The summed E-state index contributed by atoms with van der Waals surface area (Å²) in [7, 11) is 3.35. The van der Waals surface area contributed by atoms with Gasteiger partial charge in [0.25, 0.3) is 0 Å². The SMILES string of the molecule is COCC(CNCc1cnc2ccccc2n1)OC. The molecule has 2 aromatic rings. The summed E-state index contributed by atoms with van der Waals surface area (Å²) >= 11 is 0. The maximum Gasteiger partial charge on any atom is 0.0928 e. The molecule has 1 aromatic carbocycles. The van der Waals surface area contributed by atoms with Gasteiger partial charge in [0.15, 0.2) is 0 Å². The molecular weight excluding hydrogens is 242 g/mol. The van der Waals surface area contributed by atoms with Crippen LogP contribution in [0.3, 0.4) is 0 Å². The normalized spacial score (nSPS) is 12.7. The second-order valence-corrected chi connectivity index (χ2v) is 4.29. The Morgan fingerprint density at radius 3 is 2.74 bits per heavy atom. The molecule has 102 valence electrons. The van der Waals surface area contributed by atoms with Crippen molar-refractivity contribution >= 4 is 11.0 Å². The van der Waals surface area contributed by atoms with E-state index in [2.05, 4.69) is 15.3 Å². The van der Waals surface area contributed by atoms with Gasteiger partial charge in [-0.25, -0.2) is 4.98 Å². The molecule has 1 N–H and O–H groups in total. The molecule has 0 aliphatic carbocycles. The summed E-state index contributed by atoms with van der Waals surface area (Å²) in [4.78, 5) is 8.92. The number of hydrogen-bond acceptors (Lipinski definition) is 5. The Kier molecular flexibility index (Phi) is 5.20. The molecule has 0 spiro atoms. The van der Waals surface area contributed by atoms with E-state index in [1.807, 2.05) is 24.3 Å². The van der Waals surface area contributed by atoms with E-state index in [0.29, 0.717) is 13.2 Å². The van der Waals surface area contributed by atoms with E-state index in [1.54, 1.807) is 20.4 Å². The maximum absolute atomic E-state index is 5.28. The van der Waals surface area contributed by atoms with Crippen molar-refractivity contribution in [3.05, 3.63) is 36.2 Å². The Labute approximate surface area is 113 Å². The molecule has 0 radical (unpaired) electrons. The fraction of sp³-hybridized carbons (Fsp3) is 0.429. The molecule has 1 atom stereocenters. The van der Waals surface area contributed by atoms with Gasteiger partial charge in [-0.2, -0.15) is 0 Å². The standard InChI is InChI=1S/C14H19N3O2/c1-18-10-12(19-2)9-15-7-11-8-16-13-5-3-4-6-14(13)17-11/h3-6,8,12,15H,7,9-10H2,1-2H3. The van der Waals surface area contributed by atoms with E-state index in [1.165, 1.54) is 0 Å². The summed E-state index contributed by atoms with van der Waals surface area (Å²) in [5, 5.41) is 3.29. The number of hydrogen-bond donors (Lipinski definition) is 1. The highest BCUT2D eigenvalue weighted by molar-refractivity contribution is 5.73. The molecule has 19 heavy (non-hydrogen) atoms.